The minimum Gasteiger partial charge on any atom is -0.396 e. The molecule has 0 saturated heterocycles. The molecule has 0 aromatic heterocycles. The van der Waals surface area contributed by atoms with Crippen molar-refractivity contribution in [3.8, 4) is 0 Å². The van der Waals surface area contributed by atoms with E-state index >= 15 is 0 Å². The SMILES string of the molecule is Cc1ccc([S@](=O)C2=CC(C)(C)[C@@H](CO)[C@@H](CO)C2)cc1. The Hall–Kier alpha value is -0.970. The zero-order valence-electron chi connectivity index (χ0n) is 12.9. The van der Waals surface area contributed by atoms with Crippen molar-refractivity contribution in [2.24, 2.45) is 17.3 Å². The lowest BCUT2D eigenvalue weighted by Crippen LogP contribution is -2.38. The van der Waals surface area contributed by atoms with Gasteiger partial charge in [-0.05, 0) is 42.7 Å². The van der Waals surface area contributed by atoms with Crippen molar-refractivity contribution in [3.05, 3.63) is 40.8 Å². The Kier molecular flexibility index (Phi) is 5.02. The van der Waals surface area contributed by atoms with Crippen LogP contribution in [0, 0.1) is 24.2 Å². The van der Waals surface area contributed by atoms with Crippen LogP contribution in [0.1, 0.15) is 25.8 Å². The van der Waals surface area contributed by atoms with E-state index in [1.165, 1.54) is 0 Å². The summed E-state index contributed by atoms with van der Waals surface area (Å²) in [7, 11) is -1.20. The molecule has 21 heavy (non-hydrogen) atoms. The van der Waals surface area contributed by atoms with Gasteiger partial charge in [-0.1, -0.05) is 37.6 Å². The number of aryl methyl sites for hydroxylation is 1. The van der Waals surface area contributed by atoms with Gasteiger partial charge in [0.15, 0.2) is 0 Å². The molecule has 0 spiro atoms. The van der Waals surface area contributed by atoms with E-state index in [9.17, 15) is 14.4 Å². The molecular weight excluding hydrogens is 284 g/mol. The van der Waals surface area contributed by atoms with Crippen molar-refractivity contribution in [3.63, 3.8) is 0 Å². The molecule has 1 aromatic carbocycles. The summed E-state index contributed by atoms with van der Waals surface area (Å²) in [6.07, 6.45) is 2.60. The summed E-state index contributed by atoms with van der Waals surface area (Å²) in [5.74, 6) is -0.0410. The average Bonchev–Trinajstić information content (AvgIpc) is 2.45. The first-order chi connectivity index (χ1) is 9.89. The molecule has 0 heterocycles. The Morgan fingerprint density at radius 2 is 1.81 bits per heavy atom. The number of allylic oxidation sites excluding steroid dienone is 2. The zero-order valence-corrected chi connectivity index (χ0v) is 13.7. The fourth-order valence-electron chi connectivity index (χ4n) is 3.11. The largest absolute Gasteiger partial charge is 0.396 e. The first-order valence-electron chi connectivity index (χ1n) is 7.31. The lowest BCUT2D eigenvalue weighted by molar-refractivity contribution is 0.0535. The molecule has 0 saturated carbocycles. The van der Waals surface area contributed by atoms with Gasteiger partial charge in [0, 0.05) is 23.0 Å². The smallest absolute Gasteiger partial charge is 0.0805 e. The van der Waals surface area contributed by atoms with E-state index < -0.39 is 10.8 Å². The maximum Gasteiger partial charge on any atom is 0.0805 e. The molecule has 116 valence electrons. The maximum atomic E-state index is 12.8. The predicted octanol–water partition coefficient (Wildman–Crippen LogP) is 2.63. The predicted molar refractivity (Wildman–Crippen MR) is 85.2 cm³/mol. The zero-order chi connectivity index (χ0) is 15.6. The quantitative estimate of drug-likeness (QED) is 0.899. The molecule has 0 radical (unpaired) electrons. The van der Waals surface area contributed by atoms with Gasteiger partial charge < -0.3 is 10.2 Å². The Morgan fingerprint density at radius 3 is 2.33 bits per heavy atom. The molecule has 3 nitrogen and oxygen atoms in total. The molecule has 0 amide bonds. The summed E-state index contributed by atoms with van der Waals surface area (Å²) in [6.45, 7) is 6.11. The highest BCUT2D eigenvalue weighted by Gasteiger charge is 2.39. The van der Waals surface area contributed by atoms with Crippen LogP contribution < -0.4 is 0 Å². The summed E-state index contributed by atoms with van der Waals surface area (Å²) in [4.78, 5) is 1.65. The second kappa shape index (κ2) is 6.42. The molecule has 2 N–H and O–H groups in total. The number of benzene rings is 1. The first-order valence-corrected chi connectivity index (χ1v) is 8.46. The summed E-state index contributed by atoms with van der Waals surface area (Å²) in [6, 6.07) is 7.71. The molecule has 0 bridgehead atoms. The minimum atomic E-state index is -1.20. The lowest BCUT2D eigenvalue weighted by atomic mass is 9.68. The first kappa shape index (κ1) is 16.4. The lowest BCUT2D eigenvalue weighted by Gasteiger charge is -2.40. The van der Waals surface area contributed by atoms with E-state index in [-0.39, 0.29) is 30.5 Å². The fraction of sp³-hybridized carbons (Fsp3) is 0.529. The minimum absolute atomic E-state index is 0.00117. The molecule has 1 aliphatic carbocycles. The topological polar surface area (TPSA) is 57.5 Å². The molecule has 1 aliphatic rings. The molecule has 4 heteroatoms. The van der Waals surface area contributed by atoms with Crippen molar-refractivity contribution in [2.75, 3.05) is 13.2 Å². The van der Waals surface area contributed by atoms with Crippen LogP contribution in [0.4, 0.5) is 0 Å². The van der Waals surface area contributed by atoms with E-state index in [1.54, 1.807) is 0 Å². The van der Waals surface area contributed by atoms with Crippen LogP contribution in [0.15, 0.2) is 40.1 Å². The normalized spacial score (nSPS) is 26.2. The van der Waals surface area contributed by atoms with Gasteiger partial charge in [0.25, 0.3) is 0 Å². The monoisotopic (exact) mass is 308 g/mol. The van der Waals surface area contributed by atoms with Crippen molar-refractivity contribution in [2.45, 2.75) is 32.1 Å². The molecule has 2 rings (SSSR count). The third kappa shape index (κ3) is 3.44. The highest BCUT2D eigenvalue weighted by Crippen LogP contribution is 2.43. The molecule has 0 aliphatic heterocycles. The van der Waals surface area contributed by atoms with Gasteiger partial charge >= 0.3 is 0 Å². The Labute approximate surface area is 129 Å². The van der Waals surface area contributed by atoms with E-state index in [4.69, 9.17) is 0 Å². The molecule has 1 aromatic rings. The van der Waals surface area contributed by atoms with Crippen molar-refractivity contribution in [1.29, 1.82) is 0 Å². The average molecular weight is 308 g/mol. The van der Waals surface area contributed by atoms with E-state index in [1.807, 2.05) is 51.1 Å². The molecular formula is C17H24O3S. The van der Waals surface area contributed by atoms with Crippen LogP contribution in [-0.2, 0) is 10.8 Å². The summed E-state index contributed by atoms with van der Waals surface area (Å²) in [5.41, 5.74) is 0.873. The van der Waals surface area contributed by atoms with Crippen molar-refractivity contribution >= 4 is 10.8 Å². The standard InChI is InChI=1S/C17H24O3S/c1-12-4-6-14(7-5-12)21(20)15-8-13(10-18)16(11-19)17(2,3)9-15/h4-7,9,13,16,18-19H,8,10-11H2,1-3H3/t13-,16+,21+/m1/s1. The van der Waals surface area contributed by atoms with Crippen LogP contribution in [0.25, 0.3) is 0 Å². The Bertz CT molecular complexity index is 546. The van der Waals surface area contributed by atoms with Gasteiger partial charge in [0.1, 0.15) is 0 Å². The Balaban J connectivity index is 2.33. The van der Waals surface area contributed by atoms with Crippen LogP contribution in [-0.4, -0.2) is 27.6 Å². The van der Waals surface area contributed by atoms with Crippen LogP contribution in [0.5, 0.6) is 0 Å². The van der Waals surface area contributed by atoms with Crippen LogP contribution in [0.3, 0.4) is 0 Å². The second-order valence-corrected chi connectivity index (χ2v) is 7.98. The maximum absolute atomic E-state index is 12.8. The van der Waals surface area contributed by atoms with Crippen LogP contribution in [0.2, 0.25) is 0 Å². The molecule has 0 unspecified atom stereocenters. The second-order valence-electron chi connectivity index (χ2n) is 6.45. The van der Waals surface area contributed by atoms with Gasteiger partial charge in [0.05, 0.1) is 10.8 Å². The van der Waals surface area contributed by atoms with Gasteiger partial charge in [-0.15, -0.1) is 0 Å². The number of aliphatic hydroxyl groups is 2. The number of aliphatic hydroxyl groups excluding tert-OH is 2. The van der Waals surface area contributed by atoms with Crippen molar-refractivity contribution < 1.29 is 14.4 Å². The van der Waals surface area contributed by atoms with Gasteiger partial charge in [-0.2, -0.15) is 0 Å². The van der Waals surface area contributed by atoms with Gasteiger partial charge in [-0.3, -0.25) is 0 Å². The number of hydrogen-bond donors (Lipinski definition) is 2. The van der Waals surface area contributed by atoms with E-state index in [0.717, 1.165) is 15.4 Å². The number of rotatable bonds is 4. The highest BCUT2D eigenvalue weighted by molar-refractivity contribution is 7.89. The molecule has 3 atom stereocenters. The number of hydrogen-bond acceptors (Lipinski definition) is 3. The fourth-order valence-corrected chi connectivity index (χ4v) is 4.57. The van der Waals surface area contributed by atoms with E-state index in [0.29, 0.717) is 6.42 Å². The van der Waals surface area contributed by atoms with E-state index in [2.05, 4.69) is 0 Å². The Morgan fingerprint density at radius 1 is 1.19 bits per heavy atom. The summed E-state index contributed by atoms with van der Waals surface area (Å²) < 4.78 is 12.8. The van der Waals surface area contributed by atoms with Crippen LogP contribution >= 0.6 is 0 Å². The highest BCUT2D eigenvalue weighted by atomic mass is 32.2. The van der Waals surface area contributed by atoms with Crippen molar-refractivity contribution in [1.82, 2.24) is 0 Å². The van der Waals surface area contributed by atoms with Gasteiger partial charge in [0.2, 0.25) is 0 Å². The van der Waals surface area contributed by atoms with Gasteiger partial charge in [-0.25, -0.2) is 4.21 Å². The molecule has 0 fully saturated rings. The summed E-state index contributed by atoms with van der Waals surface area (Å²) in [5, 5.41) is 19.2. The third-order valence-corrected chi connectivity index (χ3v) is 5.89. The third-order valence-electron chi connectivity index (χ3n) is 4.43. The summed E-state index contributed by atoms with van der Waals surface area (Å²) >= 11 is 0.